The highest BCUT2D eigenvalue weighted by Gasteiger charge is 2.18. The van der Waals surface area contributed by atoms with Crippen molar-refractivity contribution < 1.29 is 8.42 Å². The van der Waals surface area contributed by atoms with Crippen LogP contribution in [0.1, 0.15) is 5.56 Å². The third-order valence-corrected chi connectivity index (χ3v) is 4.61. The first-order valence-corrected chi connectivity index (χ1v) is 7.74. The van der Waals surface area contributed by atoms with Crippen molar-refractivity contribution in [3.63, 3.8) is 0 Å². The quantitative estimate of drug-likeness (QED) is 0.668. The van der Waals surface area contributed by atoms with Gasteiger partial charge in [0.05, 0.1) is 21.3 Å². The summed E-state index contributed by atoms with van der Waals surface area (Å²) in [5.74, 6) is 0. The van der Waals surface area contributed by atoms with Gasteiger partial charge in [-0.25, -0.2) is 13.4 Å². The molecule has 106 valence electrons. The van der Waals surface area contributed by atoms with Crippen LogP contribution in [0.25, 0.3) is 0 Å². The number of aromatic nitrogens is 1. The lowest BCUT2D eigenvalue weighted by atomic mass is 10.3. The number of aryl methyl sites for hydroxylation is 1. The van der Waals surface area contributed by atoms with Crippen LogP contribution in [0, 0.1) is 6.92 Å². The lowest BCUT2D eigenvalue weighted by Crippen LogP contribution is -2.14. The van der Waals surface area contributed by atoms with Crippen molar-refractivity contribution >= 4 is 44.6 Å². The first kappa shape index (κ1) is 14.9. The summed E-state index contributed by atoms with van der Waals surface area (Å²) in [6.45, 7) is 1.72. The molecule has 0 aliphatic heterocycles. The van der Waals surface area contributed by atoms with E-state index < -0.39 is 10.0 Å². The summed E-state index contributed by atoms with van der Waals surface area (Å²) in [4.78, 5) is 3.84. The van der Waals surface area contributed by atoms with E-state index in [4.69, 9.17) is 28.9 Å². The number of benzene rings is 1. The molecule has 0 radical (unpaired) electrons. The first-order chi connectivity index (χ1) is 9.31. The van der Waals surface area contributed by atoms with E-state index in [1.54, 1.807) is 13.0 Å². The van der Waals surface area contributed by atoms with Gasteiger partial charge in [-0.05, 0) is 36.8 Å². The van der Waals surface area contributed by atoms with Gasteiger partial charge < -0.3 is 5.73 Å². The predicted octanol–water partition coefficient (Wildman–Crippen LogP) is 3.08. The minimum absolute atomic E-state index is 0.00119. The summed E-state index contributed by atoms with van der Waals surface area (Å²) in [5.41, 5.74) is 6.69. The van der Waals surface area contributed by atoms with E-state index in [1.165, 1.54) is 24.4 Å². The molecule has 0 atom stereocenters. The molecular formula is C12H11Cl2N3O2S. The highest BCUT2D eigenvalue weighted by atomic mass is 35.5. The standard InChI is InChI=1S/C12H11Cl2N3O2S/c1-7-4-5-16-12(14)11(7)17-20(18,19)8-2-3-9(13)10(15)6-8/h2-6,17H,15H2,1H3. The third kappa shape index (κ3) is 2.98. The second-order valence-corrected chi connectivity index (χ2v) is 6.53. The number of rotatable bonds is 3. The van der Waals surface area contributed by atoms with E-state index in [2.05, 4.69) is 9.71 Å². The van der Waals surface area contributed by atoms with Crippen LogP contribution in [0.4, 0.5) is 11.4 Å². The minimum atomic E-state index is -3.81. The zero-order valence-corrected chi connectivity index (χ0v) is 12.7. The first-order valence-electron chi connectivity index (χ1n) is 5.50. The van der Waals surface area contributed by atoms with Gasteiger partial charge in [0.25, 0.3) is 10.0 Å². The van der Waals surface area contributed by atoms with Gasteiger partial charge in [-0.2, -0.15) is 0 Å². The van der Waals surface area contributed by atoms with Gasteiger partial charge >= 0.3 is 0 Å². The van der Waals surface area contributed by atoms with Crippen molar-refractivity contribution in [2.24, 2.45) is 0 Å². The highest BCUT2D eigenvalue weighted by Crippen LogP contribution is 2.28. The molecule has 0 saturated heterocycles. The molecule has 1 aromatic heterocycles. The maximum atomic E-state index is 12.3. The second-order valence-electron chi connectivity index (χ2n) is 4.08. The van der Waals surface area contributed by atoms with Crippen molar-refractivity contribution in [1.82, 2.24) is 4.98 Å². The Balaban J connectivity index is 2.43. The van der Waals surface area contributed by atoms with E-state index >= 15 is 0 Å². The fourth-order valence-electron chi connectivity index (χ4n) is 1.53. The maximum absolute atomic E-state index is 12.3. The average Bonchev–Trinajstić information content (AvgIpc) is 2.37. The summed E-state index contributed by atoms with van der Waals surface area (Å²) in [5, 5.41) is 0.370. The van der Waals surface area contributed by atoms with Crippen molar-refractivity contribution in [1.29, 1.82) is 0 Å². The van der Waals surface area contributed by atoms with E-state index in [1.807, 2.05) is 0 Å². The Morgan fingerprint density at radius 2 is 1.95 bits per heavy atom. The summed E-state index contributed by atoms with van der Waals surface area (Å²) < 4.78 is 26.9. The largest absolute Gasteiger partial charge is 0.397 e. The third-order valence-electron chi connectivity index (χ3n) is 2.63. The summed E-state index contributed by atoms with van der Waals surface area (Å²) in [7, 11) is -3.81. The topological polar surface area (TPSA) is 85.1 Å². The molecule has 0 aliphatic carbocycles. The van der Waals surface area contributed by atoms with Crippen LogP contribution in [0.5, 0.6) is 0 Å². The van der Waals surface area contributed by atoms with Crippen LogP contribution in [0.15, 0.2) is 35.4 Å². The van der Waals surface area contributed by atoms with E-state index in [0.717, 1.165) is 0 Å². The lowest BCUT2D eigenvalue weighted by molar-refractivity contribution is 0.601. The molecule has 0 spiro atoms. The van der Waals surface area contributed by atoms with Gasteiger partial charge in [-0.1, -0.05) is 23.2 Å². The Bertz CT molecular complexity index is 743. The molecule has 3 N–H and O–H groups in total. The summed E-state index contributed by atoms with van der Waals surface area (Å²) in [6.07, 6.45) is 1.50. The maximum Gasteiger partial charge on any atom is 0.262 e. The number of nitrogens with zero attached hydrogens (tertiary/aromatic N) is 1. The molecule has 0 saturated carbocycles. The van der Waals surface area contributed by atoms with E-state index in [0.29, 0.717) is 10.6 Å². The van der Waals surface area contributed by atoms with Gasteiger partial charge in [0.1, 0.15) is 0 Å². The van der Waals surface area contributed by atoms with Gasteiger partial charge in [0.15, 0.2) is 5.15 Å². The van der Waals surface area contributed by atoms with Crippen LogP contribution in [-0.4, -0.2) is 13.4 Å². The lowest BCUT2D eigenvalue weighted by Gasteiger charge is -2.12. The van der Waals surface area contributed by atoms with E-state index in [9.17, 15) is 8.42 Å². The number of sulfonamides is 1. The molecule has 8 heteroatoms. The molecule has 1 aromatic carbocycles. The highest BCUT2D eigenvalue weighted by molar-refractivity contribution is 7.92. The average molecular weight is 332 g/mol. The summed E-state index contributed by atoms with van der Waals surface area (Å²) in [6, 6.07) is 5.72. The molecule has 0 unspecified atom stereocenters. The van der Waals surface area contributed by atoms with Crippen LogP contribution in [0.3, 0.4) is 0 Å². The van der Waals surface area contributed by atoms with Crippen LogP contribution >= 0.6 is 23.2 Å². The number of hydrogen-bond acceptors (Lipinski definition) is 4. The number of halogens is 2. The normalized spacial score (nSPS) is 11.3. The predicted molar refractivity (Wildman–Crippen MR) is 80.7 cm³/mol. The summed E-state index contributed by atoms with van der Waals surface area (Å²) >= 11 is 11.7. The van der Waals surface area contributed by atoms with Crippen molar-refractivity contribution in [2.75, 3.05) is 10.5 Å². The monoisotopic (exact) mass is 331 g/mol. The Kier molecular flexibility index (Phi) is 4.08. The fraction of sp³-hybridized carbons (Fsp3) is 0.0833. The number of hydrogen-bond donors (Lipinski definition) is 2. The van der Waals surface area contributed by atoms with Crippen molar-refractivity contribution in [3.8, 4) is 0 Å². The Morgan fingerprint density at radius 3 is 2.55 bits per heavy atom. The second kappa shape index (κ2) is 5.47. The molecule has 2 aromatic rings. The zero-order valence-electron chi connectivity index (χ0n) is 10.4. The van der Waals surface area contributed by atoms with Crippen molar-refractivity contribution in [2.45, 2.75) is 11.8 Å². The van der Waals surface area contributed by atoms with Gasteiger partial charge in [0.2, 0.25) is 0 Å². The SMILES string of the molecule is Cc1ccnc(Cl)c1NS(=O)(=O)c1ccc(Cl)c(N)c1. The molecule has 2 rings (SSSR count). The van der Waals surface area contributed by atoms with Gasteiger partial charge in [-0.15, -0.1) is 0 Å². The van der Waals surface area contributed by atoms with Crippen LogP contribution in [0.2, 0.25) is 10.2 Å². The van der Waals surface area contributed by atoms with Gasteiger partial charge in [-0.3, -0.25) is 4.72 Å². The molecule has 0 amide bonds. The number of nitrogens with two attached hydrogens (primary N) is 1. The minimum Gasteiger partial charge on any atom is -0.397 e. The Morgan fingerprint density at radius 1 is 1.25 bits per heavy atom. The van der Waals surface area contributed by atoms with Crippen LogP contribution < -0.4 is 10.5 Å². The molecule has 0 bridgehead atoms. The molecule has 5 nitrogen and oxygen atoms in total. The Labute approximate surface area is 126 Å². The number of nitrogen functional groups attached to an aromatic ring is 1. The number of anilines is 2. The molecule has 0 fully saturated rings. The molecule has 1 heterocycles. The molecule has 20 heavy (non-hydrogen) atoms. The zero-order chi connectivity index (χ0) is 14.9. The van der Waals surface area contributed by atoms with Crippen molar-refractivity contribution in [3.05, 3.63) is 46.2 Å². The van der Waals surface area contributed by atoms with Crippen LogP contribution in [-0.2, 0) is 10.0 Å². The van der Waals surface area contributed by atoms with Gasteiger partial charge in [0, 0.05) is 6.20 Å². The molecular weight excluding hydrogens is 321 g/mol. The number of pyridine rings is 1. The Hall–Kier alpha value is -1.50. The number of nitrogens with one attached hydrogen (secondary N) is 1. The smallest absolute Gasteiger partial charge is 0.262 e. The fourth-order valence-corrected chi connectivity index (χ4v) is 3.13. The molecule has 0 aliphatic rings. The van der Waals surface area contributed by atoms with E-state index in [-0.39, 0.29) is 21.4 Å².